The molecule has 0 saturated heterocycles. The van der Waals surface area contributed by atoms with Gasteiger partial charge < -0.3 is 21.1 Å². The van der Waals surface area contributed by atoms with Gasteiger partial charge in [0.15, 0.2) is 0 Å². The summed E-state index contributed by atoms with van der Waals surface area (Å²) < 4.78 is 5.05. The standard InChI is InChI=1S/C16H16ClN3O3/c1-23-12-5-2-10(3-6-12)16(22)19-11-4-7-13(17)14(8-11)20-15(21)9-18/h2-8H,9,18H2,1H3,(H,19,22)(H,20,21). The zero-order valence-electron chi connectivity index (χ0n) is 12.4. The molecule has 0 atom stereocenters. The van der Waals surface area contributed by atoms with E-state index in [1.807, 2.05) is 0 Å². The molecule has 0 bridgehead atoms. The van der Waals surface area contributed by atoms with Crippen molar-refractivity contribution < 1.29 is 14.3 Å². The topological polar surface area (TPSA) is 93.5 Å². The van der Waals surface area contributed by atoms with E-state index in [4.69, 9.17) is 22.1 Å². The Labute approximate surface area is 138 Å². The Hall–Kier alpha value is -2.57. The number of hydrogen-bond donors (Lipinski definition) is 3. The third-order valence-electron chi connectivity index (χ3n) is 3.04. The van der Waals surface area contributed by atoms with Crippen LogP contribution in [0.2, 0.25) is 5.02 Å². The van der Waals surface area contributed by atoms with Gasteiger partial charge in [-0.15, -0.1) is 0 Å². The van der Waals surface area contributed by atoms with Crippen LogP contribution in [0.5, 0.6) is 5.75 Å². The minimum Gasteiger partial charge on any atom is -0.497 e. The smallest absolute Gasteiger partial charge is 0.255 e. The first kappa shape index (κ1) is 16.8. The molecule has 0 aliphatic heterocycles. The molecule has 0 aromatic heterocycles. The maximum atomic E-state index is 12.2. The average molecular weight is 334 g/mol. The van der Waals surface area contributed by atoms with Crippen LogP contribution in [0.1, 0.15) is 10.4 Å². The lowest BCUT2D eigenvalue weighted by Gasteiger charge is -2.10. The first-order valence-electron chi connectivity index (χ1n) is 6.78. The van der Waals surface area contributed by atoms with Gasteiger partial charge in [0.05, 0.1) is 24.4 Å². The quantitative estimate of drug-likeness (QED) is 0.783. The highest BCUT2D eigenvalue weighted by molar-refractivity contribution is 6.33. The predicted molar refractivity (Wildman–Crippen MR) is 90.1 cm³/mol. The number of hydrogen-bond acceptors (Lipinski definition) is 4. The Balaban J connectivity index is 2.13. The molecule has 2 amide bonds. The van der Waals surface area contributed by atoms with Crippen molar-refractivity contribution in [2.24, 2.45) is 5.73 Å². The number of nitrogens with one attached hydrogen (secondary N) is 2. The van der Waals surface area contributed by atoms with Crippen LogP contribution in [0.4, 0.5) is 11.4 Å². The molecule has 120 valence electrons. The minimum atomic E-state index is -0.370. The number of ether oxygens (including phenoxy) is 1. The molecular weight excluding hydrogens is 318 g/mol. The second-order valence-electron chi connectivity index (χ2n) is 4.63. The van der Waals surface area contributed by atoms with Gasteiger partial charge in [0.2, 0.25) is 5.91 Å². The van der Waals surface area contributed by atoms with Crippen LogP contribution in [0.3, 0.4) is 0 Å². The van der Waals surface area contributed by atoms with Gasteiger partial charge in [-0.05, 0) is 42.5 Å². The molecule has 0 unspecified atom stereocenters. The van der Waals surface area contributed by atoms with Crippen molar-refractivity contribution in [3.63, 3.8) is 0 Å². The highest BCUT2D eigenvalue weighted by atomic mass is 35.5. The lowest BCUT2D eigenvalue weighted by molar-refractivity contribution is -0.114. The molecule has 4 N–H and O–H groups in total. The third-order valence-corrected chi connectivity index (χ3v) is 3.37. The summed E-state index contributed by atoms with van der Waals surface area (Å²) in [5, 5.41) is 5.65. The number of methoxy groups -OCH3 is 1. The zero-order valence-corrected chi connectivity index (χ0v) is 13.2. The molecule has 0 radical (unpaired) electrons. The summed E-state index contributed by atoms with van der Waals surface area (Å²) in [5.41, 5.74) is 6.62. The summed E-state index contributed by atoms with van der Waals surface area (Å²) in [7, 11) is 1.56. The van der Waals surface area contributed by atoms with E-state index in [1.54, 1.807) is 49.6 Å². The van der Waals surface area contributed by atoms with Gasteiger partial charge in [-0.1, -0.05) is 11.6 Å². The molecule has 2 rings (SSSR count). The van der Waals surface area contributed by atoms with Gasteiger partial charge in [-0.2, -0.15) is 0 Å². The van der Waals surface area contributed by atoms with Crippen LogP contribution in [0.25, 0.3) is 0 Å². The third kappa shape index (κ3) is 4.45. The molecule has 2 aromatic rings. The fraction of sp³-hybridized carbons (Fsp3) is 0.125. The summed E-state index contributed by atoms with van der Waals surface area (Å²) in [6, 6.07) is 11.5. The van der Waals surface area contributed by atoms with E-state index >= 15 is 0 Å². The Bertz CT molecular complexity index is 717. The molecule has 6 nitrogen and oxygen atoms in total. The largest absolute Gasteiger partial charge is 0.497 e. The van der Waals surface area contributed by atoms with E-state index in [-0.39, 0.29) is 18.4 Å². The van der Waals surface area contributed by atoms with E-state index in [1.165, 1.54) is 0 Å². The summed E-state index contributed by atoms with van der Waals surface area (Å²) in [4.78, 5) is 23.6. The highest BCUT2D eigenvalue weighted by Crippen LogP contribution is 2.26. The van der Waals surface area contributed by atoms with Gasteiger partial charge in [0.25, 0.3) is 5.91 Å². The van der Waals surface area contributed by atoms with Gasteiger partial charge in [-0.3, -0.25) is 9.59 Å². The molecular formula is C16H16ClN3O3. The minimum absolute atomic E-state index is 0.154. The SMILES string of the molecule is COc1ccc(C(=O)Nc2ccc(Cl)c(NC(=O)CN)c2)cc1. The van der Waals surface area contributed by atoms with Gasteiger partial charge in [-0.25, -0.2) is 0 Å². The first-order valence-corrected chi connectivity index (χ1v) is 7.16. The number of nitrogens with two attached hydrogens (primary N) is 1. The van der Waals surface area contributed by atoms with Crippen LogP contribution in [0, 0.1) is 0 Å². The molecule has 0 saturated carbocycles. The lowest BCUT2D eigenvalue weighted by Crippen LogP contribution is -2.22. The highest BCUT2D eigenvalue weighted by Gasteiger charge is 2.09. The Morgan fingerprint density at radius 3 is 2.43 bits per heavy atom. The van der Waals surface area contributed by atoms with Gasteiger partial charge >= 0.3 is 0 Å². The number of rotatable bonds is 5. The second kappa shape index (κ2) is 7.62. The molecule has 0 aliphatic rings. The summed E-state index contributed by atoms with van der Waals surface area (Å²) in [5.74, 6) is 0.0106. The Morgan fingerprint density at radius 1 is 1.13 bits per heavy atom. The van der Waals surface area contributed by atoms with E-state index in [0.29, 0.717) is 27.7 Å². The fourth-order valence-corrected chi connectivity index (χ4v) is 2.01. The van der Waals surface area contributed by atoms with Crippen molar-refractivity contribution in [3.05, 3.63) is 53.1 Å². The van der Waals surface area contributed by atoms with Crippen molar-refractivity contribution in [2.45, 2.75) is 0 Å². The number of carbonyl (C=O) groups is 2. The van der Waals surface area contributed by atoms with Crippen molar-refractivity contribution in [3.8, 4) is 5.75 Å². The molecule has 7 heteroatoms. The molecule has 0 fully saturated rings. The van der Waals surface area contributed by atoms with Gasteiger partial charge in [0.1, 0.15) is 5.75 Å². The summed E-state index contributed by atoms with van der Waals surface area (Å²) in [6.07, 6.45) is 0. The van der Waals surface area contributed by atoms with Crippen molar-refractivity contribution in [1.29, 1.82) is 0 Å². The number of carbonyl (C=O) groups excluding carboxylic acids is 2. The monoisotopic (exact) mass is 333 g/mol. The number of benzene rings is 2. The van der Waals surface area contributed by atoms with E-state index in [0.717, 1.165) is 0 Å². The molecule has 0 spiro atoms. The maximum absolute atomic E-state index is 12.2. The summed E-state index contributed by atoms with van der Waals surface area (Å²) >= 11 is 6.00. The Morgan fingerprint density at radius 2 is 1.83 bits per heavy atom. The molecule has 0 aliphatic carbocycles. The van der Waals surface area contributed by atoms with E-state index < -0.39 is 0 Å². The van der Waals surface area contributed by atoms with Crippen LogP contribution in [0.15, 0.2) is 42.5 Å². The lowest BCUT2D eigenvalue weighted by atomic mass is 10.2. The van der Waals surface area contributed by atoms with Crippen LogP contribution < -0.4 is 21.1 Å². The van der Waals surface area contributed by atoms with E-state index in [9.17, 15) is 9.59 Å². The molecule has 23 heavy (non-hydrogen) atoms. The summed E-state index contributed by atoms with van der Waals surface area (Å²) in [6.45, 7) is -0.154. The normalized spacial score (nSPS) is 10.0. The van der Waals surface area contributed by atoms with Crippen molar-refractivity contribution in [1.82, 2.24) is 0 Å². The van der Waals surface area contributed by atoms with Crippen LogP contribution in [-0.2, 0) is 4.79 Å². The first-order chi connectivity index (χ1) is 11.0. The number of anilines is 2. The molecule has 2 aromatic carbocycles. The van der Waals surface area contributed by atoms with Crippen molar-refractivity contribution in [2.75, 3.05) is 24.3 Å². The van der Waals surface area contributed by atoms with Crippen LogP contribution >= 0.6 is 11.6 Å². The van der Waals surface area contributed by atoms with Gasteiger partial charge in [0, 0.05) is 11.3 Å². The predicted octanol–water partition coefficient (Wildman–Crippen LogP) is 2.50. The fourth-order valence-electron chi connectivity index (χ4n) is 1.85. The molecule has 0 heterocycles. The zero-order chi connectivity index (χ0) is 16.8. The maximum Gasteiger partial charge on any atom is 0.255 e. The Kier molecular flexibility index (Phi) is 5.56. The number of amides is 2. The van der Waals surface area contributed by atoms with Crippen molar-refractivity contribution >= 4 is 34.8 Å². The number of halogens is 1. The average Bonchev–Trinajstić information content (AvgIpc) is 2.57. The van der Waals surface area contributed by atoms with Crippen LogP contribution in [-0.4, -0.2) is 25.5 Å². The second-order valence-corrected chi connectivity index (χ2v) is 5.04. The van der Waals surface area contributed by atoms with E-state index in [2.05, 4.69) is 10.6 Å².